The van der Waals surface area contributed by atoms with Crippen molar-refractivity contribution in [3.63, 3.8) is 0 Å². The molecule has 1 amide bonds. The number of carbonyl (C=O) groups is 2. The van der Waals surface area contributed by atoms with Crippen molar-refractivity contribution in [3.8, 4) is 11.5 Å². The van der Waals surface area contributed by atoms with E-state index < -0.39 is 0 Å². The molecule has 140 valence electrons. The molecular weight excluding hydrogens is 324 g/mol. The van der Waals surface area contributed by atoms with Gasteiger partial charge in [0.1, 0.15) is 11.5 Å². The van der Waals surface area contributed by atoms with Crippen LogP contribution in [0.5, 0.6) is 11.5 Å². The zero-order valence-corrected chi connectivity index (χ0v) is 14.9. The summed E-state index contributed by atoms with van der Waals surface area (Å²) in [5, 5.41) is 9.59. The summed E-state index contributed by atoms with van der Waals surface area (Å²) in [5.74, 6) is 2.36. The van der Waals surface area contributed by atoms with Crippen molar-refractivity contribution in [2.75, 3.05) is 40.4 Å². The van der Waals surface area contributed by atoms with Crippen LogP contribution in [0.1, 0.15) is 19.3 Å². The minimum absolute atomic E-state index is 0.148. The Morgan fingerprint density at radius 1 is 1.36 bits per heavy atom. The molecular formula is C18H28N2O5. The van der Waals surface area contributed by atoms with Gasteiger partial charge in [0.25, 0.3) is 6.47 Å². The lowest BCUT2D eigenvalue weighted by Crippen LogP contribution is -2.25. The van der Waals surface area contributed by atoms with Crippen LogP contribution in [0, 0.1) is 5.92 Å². The topological polar surface area (TPSA) is 88.1 Å². The maximum absolute atomic E-state index is 11.4. The molecule has 7 nitrogen and oxygen atoms in total. The quantitative estimate of drug-likeness (QED) is 0.546. The van der Waals surface area contributed by atoms with E-state index in [1.807, 2.05) is 24.3 Å². The fourth-order valence-electron chi connectivity index (χ4n) is 2.80. The van der Waals surface area contributed by atoms with E-state index in [2.05, 4.69) is 10.2 Å². The minimum Gasteiger partial charge on any atom is -0.497 e. The average Bonchev–Trinajstić information content (AvgIpc) is 3.07. The van der Waals surface area contributed by atoms with Gasteiger partial charge >= 0.3 is 0 Å². The van der Waals surface area contributed by atoms with Crippen LogP contribution < -0.4 is 14.8 Å². The number of benzene rings is 1. The number of hydrogen-bond donors (Lipinski definition) is 2. The van der Waals surface area contributed by atoms with Crippen molar-refractivity contribution in [2.24, 2.45) is 5.92 Å². The highest BCUT2D eigenvalue weighted by Gasteiger charge is 2.23. The van der Waals surface area contributed by atoms with Crippen LogP contribution in [0.2, 0.25) is 0 Å². The molecule has 1 aliphatic heterocycles. The number of nitrogens with one attached hydrogen (secondary N) is 1. The van der Waals surface area contributed by atoms with Crippen molar-refractivity contribution in [2.45, 2.75) is 19.3 Å². The smallest absolute Gasteiger partial charge is 0.290 e. The highest BCUT2D eigenvalue weighted by molar-refractivity contribution is 5.75. The minimum atomic E-state index is -0.250. The largest absolute Gasteiger partial charge is 0.497 e. The van der Waals surface area contributed by atoms with Crippen molar-refractivity contribution in [3.05, 3.63) is 24.3 Å². The molecule has 0 radical (unpaired) electrons. The van der Waals surface area contributed by atoms with Crippen molar-refractivity contribution in [1.29, 1.82) is 0 Å². The first kappa shape index (κ1) is 20.8. The molecule has 0 saturated carbocycles. The molecule has 0 aliphatic carbocycles. The van der Waals surface area contributed by atoms with Gasteiger partial charge in [-0.2, -0.15) is 0 Å². The van der Waals surface area contributed by atoms with Gasteiger partial charge in [-0.05, 0) is 49.6 Å². The van der Waals surface area contributed by atoms with Crippen LogP contribution in [0.3, 0.4) is 0 Å². The van der Waals surface area contributed by atoms with E-state index in [1.165, 1.54) is 0 Å². The molecule has 1 aliphatic rings. The Hall–Kier alpha value is -2.28. The first-order valence-corrected chi connectivity index (χ1v) is 8.40. The fourth-order valence-corrected chi connectivity index (χ4v) is 2.80. The number of rotatable bonds is 8. The number of ether oxygens (including phenoxy) is 2. The van der Waals surface area contributed by atoms with E-state index >= 15 is 0 Å². The number of nitrogens with zero attached hydrogens (tertiary/aromatic N) is 1. The number of amides is 1. The summed E-state index contributed by atoms with van der Waals surface area (Å²) < 4.78 is 10.8. The van der Waals surface area contributed by atoms with E-state index in [9.17, 15) is 4.79 Å². The molecule has 2 N–H and O–H groups in total. The van der Waals surface area contributed by atoms with Crippen LogP contribution in [-0.4, -0.2) is 62.8 Å². The fraction of sp³-hybridized carbons (Fsp3) is 0.556. The molecule has 1 aromatic rings. The van der Waals surface area contributed by atoms with E-state index in [0.29, 0.717) is 18.9 Å². The average molecular weight is 352 g/mol. The van der Waals surface area contributed by atoms with Gasteiger partial charge in [-0.3, -0.25) is 9.59 Å². The maximum atomic E-state index is 11.4. The van der Waals surface area contributed by atoms with Gasteiger partial charge in [0, 0.05) is 26.6 Å². The van der Waals surface area contributed by atoms with Crippen molar-refractivity contribution >= 4 is 12.4 Å². The third kappa shape index (κ3) is 8.39. The molecule has 7 heteroatoms. The molecule has 2 rings (SSSR count). The number of carboxylic acid groups (broad SMARTS) is 1. The normalized spacial score (nSPS) is 16.5. The monoisotopic (exact) mass is 352 g/mol. The summed E-state index contributed by atoms with van der Waals surface area (Å²) in [5.41, 5.74) is 0. The van der Waals surface area contributed by atoms with Crippen LogP contribution in [0.15, 0.2) is 24.3 Å². The molecule has 25 heavy (non-hydrogen) atoms. The highest BCUT2D eigenvalue weighted by atomic mass is 16.5. The van der Waals surface area contributed by atoms with Gasteiger partial charge in [-0.1, -0.05) is 0 Å². The summed E-state index contributed by atoms with van der Waals surface area (Å²) in [6.45, 7) is 3.60. The van der Waals surface area contributed by atoms with Gasteiger partial charge in [0.15, 0.2) is 0 Å². The third-order valence-electron chi connectivity index (χ3n) is 4.07. The zero-order valence-electron chi connectivity index (χ0n) is 14.9. The lowest BCUT2D eigenvalue weighted by Gasteiger charge is -2.16. The Morgan fingerprint density at radius 3 is 2.60 bits per heavy atom. The molecule has 1 heterocycles. The molecule has 1 saturated heterocycles. The molecule has 1 atom stereocenters. The van der Waals surface area contributed by atoms with E-state index in [1.54, 1.807) is 14.2 Å². The molecule has 1 fully saturated rings. The predicted molar refractivity (Wildman–Crippen MR) is 95.0 cm³/mol. The van der Waals surface area contributed by atoms with Crippen LogP contribution in [-0.2, 0) is 9.59 Å². The first-order chi connectivity index (χ1) is 12.1. The van der Waals surface area contributed by atoms with Crippen LogP contribution in [0.4, 0.5) is 0 Å². The second-order valence-electron chi connectivity index (χ2n) is 5.82. The molecule has 0 aromatic heterocycles. The lowest BCUT2D eigenvalue weighted by molar-refractivity contribution is -0.123. The molecule has 0 spiro atoms. The summed E-state index contributed by atoms with van der Waals surface area (Å²) in [6.07, 6.45) is 2.76. The van der Waals surface area contributed by atoms with E-state index in [-0.39, 0.29) is 12.4 Å². The van der Waals surface area contributed by atoms with Crippen LogP contribution in [0.25, 0.3) is 0 Å². The molecule has 1 unspecified atom stereocenters. The summed E-state index contributed by atoms with van der Waals surface area (Å²) in [4.78, 5) is 22.2. The first-order valence-electron chi connectivity index (χ1n) is 8.40. The lowest BCUT2D eigenvalue weighted by atomic mass is 10.1. The summed E-state index contributed by atoms with van der Waals surface area (Å²) in [6, 6.07) is 7.65. The van der Waals surface area contributed by atoms with E-state index in [4.69, 9.17) is 19.4 Å². The van der Waals surface area contributed by atoms with Gasteiger partial charge in [0.2, 0.25) is 5.91 Å². The van der Waals surface area contributed by atoms with Gasteiger partial charge in [-0.25, -0.2) is 0 Å². The Bertz CT molecular complexity index is 507. The molecule has 0 bridgehead atoms. The number of likely N-dealkylation sites (tertiary alicyclic amines) is 1. The SMILES string of the molecule is CNC(=O)CC1CCN(CCCOc2ccc(OC)cc2)C1.O=CO. The van der Waals surface area contributed by atoms with Gasteiger partial charge in [0.05, 0.1) is 13.7 Å². The summed E-state index contributed by atoms with van der Waals surface area (Å²) >= 11 is 0. The van der Waals surface area contributed by atoms with E-state index in [0.717, 1.165) is 44.0 Å². The summed E-state index contributed by atoms with van der Waals surface area (Å²) in [7, 11) is 3.36. The highest BCUT2D eigenvalue weighted by Crippen LogP contribution is 2.20. The Balaban J connectivity index is 0.000000970. The Kier molecular flexibility index (Phi) is 10.1. The van der Waals surface area contributed by atoms with Gasteiger partial charge in [-0.15, -0.1) is 0 Å². The Morgan fingerprint density at radius 2 is 2.00 bits per heavy atom. The van der Waals surface area contributed by atoms with Crippen LogP contribution >= 0.6 is 0 Å². The third-order valence-corrected chi connectivity index (χ3v) is 4.07. The van der Waals surface area contributed by atoms with Crippen molar-refractivity contribution in [1.82, 2.24) is 10.2 Å². The van der Waals surface area contributed by atoms with Gasteiger partial charge < -0.3 is 24.8 Å². The standard InChI is InChI=1S/C17H26N2O3.CH2O2/c1-18-17(20)12-14-8-10-19(13-14)9-3-11-22-16-6-4-15(21-2)5-7-16;2-1-3/h4-7,14H,3,8-13H2,1-2H3,(H,18,20);1H,(H,2,3). The second-order valence-corrected chi connectivity index (χ2v) is 5.82. The maximum Gasteiger partial charge on any atom is 0.290 e. The van der Waals surface area contributed by atoms with Crippen molar-refractivity contribution < 1.29 is 24.2 Å². The predicted octanol–water partition coefficient (Wildman–Crippen LogP) is 1.62. The number of carbonyl (C=O) groups excluding carboxylic acids is 1. The Labute approximate surface area is 148 Å². The molecule has 1 aromatic carbocycles. The number of methoxy groups -OCH3 is 1. The zero-order chi connectivity index (χ0) is 18.5. The second kappa shape index (κ2) is 12.1. The number of hydrogen-bond acceptors (Lipinski definition) is 5.